The van der Waals surface area contributed by atoms with Crippen molar-refractivity contribution in [3.63, 3.8) is 0 Å². The second kappa shape index (κ2) is 14.6. The fourth-order valence-electron chi connectivity index (χ4n) is 4.11. The number of ether oxygens (including phenoxy) is 1. The zero-order valence-electron chi connectivity index (χ0n) is 24.7. The molecule has 3 unspecified atom stereocenters. The van der Waals surface area contributed by atoms with Crippen molar-refractivity contribution in [3.8, 4) is 12.3 Å². The van der Waals surface area contributed by atoms with Crippen LogP contribution in [0.4, 0.5) is 4.79 Å². The Bertz CT molecular complexity index is 1040. The number of nitrogens with one attached hydrogen (secondary N) is 2. The van der Waals surface area contributed by atoms with Gasteiger partial charge in [0.15, 0.2) is 0 Å². The molecule has 0 aliphatic heterocycles. The first-order valence-electron chi connectivity index (χ1n) is 13.5. The van der Waals surface area contributed by atoms with E-state index in [4.69, 9.17) is 16.9 Å². The molecule has 9 nitrogen and oxygen atoms in total. The second-order valence-corrected chi connectivity index (χ2v) is 11.4. The van der Waals surface area contributed by atoms with Gasteiger partial charge in [-0.2, -0.15) is 0 Å². The van der Waals surface area contributed by atoms with E-state index in [2.05, 4.69) is 16.6 Å². The molecular weight excluding hydrogens is 496 g/mol. The van der Waals surface area contributed by atoms with Crippen molar-refractivity contribution in [1.82, 2.24) is 15.5 Å². The molecule has 0 radical (unpaired) electrons. The number of amides is 4. The van der Waals surface area contributed by atoms with E-state index in [-0.39, 0.29) is 24.8 Å². The maximum Gasteiger partial charge on any atom is 0.408 e. The summed E-state index contributed by atoms with van der Waals surface area (Å²) in [5.41, 5.74) is 4.96. The topological polar surface area (TPSA) is 131 Å². The van der Waals surface area contributed by atoms with Gasteiger partial charge in [-0.15, -0.1) is 6.42 Å². The summed E-state index contributed by atoms with van der Waals surface area (Å²) in [5.74, 6) is 1.06. The Morgan fingerprint density at radius 1 is 1.03 bits per heavy atom. The quantitative estimate of drug-likeness (QED) is 0.322. The minimum atomic E-state index is -1.16. The summed E-state index contributed by atoms with van der Waals surface area (Å²) < 4.78 is 5.38. The molecule has 0 saturated heterocycles. The van der Waals surface area contributed by atoms with Gasteiger partial charge >= 0.3 is 6.09 Å². The largest absolute Gasteiger partial charge is 0.444 e. The fourth-order valence-corrected chi connectivity index (χ4v) is 4.11. The molecule has 4 amide bonds. The van der Waals surface area contributed by atoms with E-state index in [0.717, 1.165) is 12.8 Å². The summed E-state index contributed by atoms with van der Waals surface area (Å²) in [6, 6.07) is 4.58. The zero-order valence-corrected chi connectivity index (χ0v) is 24.7. The molecule has 39 heavy (non-hydrogen) atoms. The molecule has 0 heterocycles. The van der Waals surface area contributed by atoms with E-state index < -0.39 is 41.1 Å². The lowest BCUT2D eigenvalue weighted by Gasteiger charge is -2.45. The molecule has 0 saturated carbocycles. The molecule has 0 aromatic heterocycles. The van der Waals surface area contributed by atoms with E-state index >= 15 is 0 Å². The summed E-state index contributed by atoms with van der Waals surface area (Å²) in [6.45, 7) is 14.7. The molecule has 0 bridgehead atoms. The standard InChI is InChI=1S/C30H46N4O5/c1-10-13-20(4)32-26(36)25(22-16-14-21(11-2)15-17-22)34(30(8,9)12-3)27(37)23(18-19-24(31)35)33-28(38)39-29(5,6)7/h2,14-17,20,23,25H,10,12-13,18-19H2,1,3-9H3,(H2,31,35)(H,32,36)(H,33,38). The zero-order chi connectivity index (χ0) is 30.0. The van der Waals surface area contributed by atoms with Gasteiger partial charge < -0.3 is 26.0 Å². The minimum Gasteiger partial charge on any atom is -0.444 e. The molecule has 0 fully saturated rings. The third kappa shape index (κ3) is 10.6. The van der Waals surface area contributed by atoms with Gasteiger partial charge in [0.2, 0.25) is 17.7 Å². The van der Waals surface area contributed by atoms with Gasteiger partial charge in [0.25, 0.3) is 0 Å². The van der Waals surface area contributed by atoms with Crippen LogP contribution < -0.4 is 16.4 Å². The minimum absolute atomic E-state index is 0.0552. The molecule has 0 aliphatic carbocycles. The van der Waals surface area contributed by atoms with Crippen LogP contribution in [0.5, 0.6) is 0 Å². The maximum absolute atomic E-state index is 14.3. The number of rotatable bonds is 13. The highest BCUT2D eigenvalue weighted by Crippen LogP contribution is 2.33. The number of primary amides is 1. The van der Waals surface area contributed by atoms with Gasteiger partial charge in [-0.25, -0.2) is 4.79 Å². The van der Waals surface area contributed by atoms with Crippen molar-refractivity contribution in [1.29, 1.82) is 0 Å². The Morgan fingerprint density at radius 3 is 2.08 bits per heavy atom. The van der Waals surface area contributed by atoms with Crippen molar-refractivity contribution in [2.24, 2.45) is 5.73 Å². The molecule has 0 aliphatic rings. The SMILES string of the molecule is C#Cc1ccc(C(C(=O)NC(C)CCC)N(C(=O)C(CCC(N)=O)NC(=O)OC(C)(C)C)C(C)(C)CC)cc1. The molecule has 216 valence electrons. The molecular formula is C30H46N4O5. The average molecular weight is 543 g/mol. The van der Waals surface area contributed by atoms with Crippen molar-refractivity contribution in [2.45, 2.75) is 117 Å². The van der Waals surface area contributed by atoms with Crippen LogP contribution in [0.3, 0.4) is 0 Å². The molecule has 0 spiro atoms. The maximum atomic E-state index is 14.3. The van der Waals surface area contributed by atoms with Crippen molar-refractivity contribution < 1.29 is 23.9 Å². The van der Waals surface area contributed by atoms with Crippen LogP contribution >= 0.6 is 0 Å². The van der Waals surface area contributed by atoms with E-state index in [0.29, 0.717) is 17.5 Å². The first-order chi connectivity index (χ1) is 18.1. The Morgan fingerprint density at radius 2 is 1.62 bits per heavy atom. The third-order valence-corrected chi connectivity index (χ3v) is 6.43. The van der Waals surface area contributed by atoms with Crippen molar-refractivity contribution in [3.05, 3.63) is 35.4 Å². The Kier molecular flexibility index (Phi) is 12.5. The van der Waals surface area contributed by atoms with E-state index in [1.165, 1.54) is 4.90 Å². The predicted molar refractivity (Wildman–Crippen MR) is 152 cm³/mol. The van der Waals surface area contributed by atoms with E-state index in [1.54, 1.807) is 45.0 Å². The van der Waals surface area contributed by atoms with Gasteiger partial charge in [-0.05, 0) is 78.5 Å². The monoisotopic (exact) mass is 542 g/mol. The van der Waals surface area contributed by atoms with Gasteiger partial charge in [0.1, 0.15) is 17.7 Å². The lowest BCUT2D eigenvalue weighted by Crippen LogP contribution is -2.59. The van der Waals surface area contributed by atoms with Crippen LogP contribution in [0.1, 0.15) is 105 Å². The smallest absolute Gasteiger partial charge is 0.408 e. The molecule has 1 aromatic carbocycles. The Labute approximate surface area is 233 Å². The number of nitrogens with two attached hydrogens (primary N) is 1. The molecule has 3 atom stereocenters. The van der Waals surface area contributed by atoms with Crippen molar-refractivity contribution >= 4 is 23.8 Å². The van der Waals surface area contributed by atoms with Crippen LogP contribution in [-0.2, 0) is 19.1 Å². The lowest BCUT2D eigenvalue weighted by molar-refractivity contribution is -0.149. The summed E-state index contributed by atoms with van der Waals surface area (Å²) in [4.78, 5) is 54.0. The first kappa shape index (κ1) is 33.5. The van der Waals surface area contributed by atoms with Crippen LogP contribution in [0, 0.1) is 12.3 Å². The van der Waals surface area contributed by atoms with Crippen LogP contribution in [0.15, 0.2) is 24.3 Å². The number of terminal acetylenes is 1. The number of alkyl carbamates (subject to hydrolysis) is 1. The van der Waals surface area contributed by atoms with Crippen LogP contribution in [0.2, 0.25) is 0 Å². The molecule has 9 heteroatoms. The predicted octanol–water partition coefficient (Wildman–Crippen LogP) is 4.19. The first-order valence-corrected chi connectivity index (χ1v) is 13.5. The number of carbonyl (C=O) groups excluding carboxylic acids is 4. The third-order valence-electron chi connectivity index (χ3n) is 6.43. The number of benzene rings is 1. The van der Waals surface area contributed by atoms with E-state index in [9.17, 15) is 19.2 Å². The Balaban J connectivity index is 3.68. The molecule has 4 N–H and O–H groups in total. The molecule has 1 aromatic rings. The normalized spacial score (nSPS) is 13.8. The summed E-state index contributed by atoms with van der Waals surface area (Å²) in [6.07, 6.45) is 6.67. The highest BCUT2D eigenvalue weighted by Gasteiger charge is 2.43. The van der Waals surface area contributed by atoms with Crippen LogP contribution in [0.25, 0.3) is 0 Å². The number of carbonyl (C=O) groups is 4. The summed E-state index contributed by atoms with van der Waals surface area (Å²) in [5, 5.41) is 5.65. The number of hydrogen-bond donors (Lipinski definition) is 3. The van der Waals surface area contributed by atoms with Crippen molar-refractivity contribution in [2.75, 3.05) is 0 Å². The fraction of sp³-hybridized carbons (Fsp3) is 0.600. The summed E-state index contributed by atoms with van der Waals surface area (Å²) in [7, 11) is 0. The van der Waals surface area contributed by atoms with Gasteiger partial charge in [0, 0.05) is 23.6 Å². The highest BCUT2D eigenvalue weighted by atomic mass is 16.6. The number of hydrogen-bond acceptors (Lipinski definition) is 5. The molecule has 1 rings (SSSR count). The van der Waals surface area contributed by atoms with Gasteiger partial charge in [-0.3, -0.25) is 14.4 Å². The van der Waals surface area contributed by atoms with Gasteiger partial charge in [0.05, 0.1) is 0 Å². The lowest BCUT2D eigenvalue weighted by atomic mass is 9.91. The summed E-state index contributed by atoms with van der Waals surface area (Å²) >= 11 is 0. The highest BCUT2D eigenvalue weighted by molar-refractivity contribution is 5.93. The average Bonchev–Trinajstić information content (AvgIpc) is 2.83. The second-order valence-electron chi connectivity index (χ2n) is 11.4. The van der Waals surface area contributed by atoms with E-state index in [1.807, 2.05) is 34.6 Å². The number of nitrogens with zero attached hydrogens (tertiary/aromatic N) is 1. The van der Waals surface area contributed by atoms with Gasteiger partial charge in [-0.1, -0.05) is 38.3 Å². The van der Waals surface area contributed by atoms with Crippen LogP contribution in [-0.4, -0.2) is 51.9 Å². The Hall–Kier alpha value is -3.54.